The third-order valence-corrected chi connectivity index (χ3v) is 3.97. The topological polar surface area (TPSA) is 29.9 Å². The van der Waals surface area contributed by atoms with Gasteiger partial charge < -0.3 is 14.3 Å². The van der Waals surface area contributed by atoms with Crippen LogP contribution in [0.2, 0.25) is 0 Å². The van der Waals surface area contributed by atoms with Crippen molar-refractivity contribution in [1.29, 1.82) is 0 Å². The molecule has 2 heterocycles. The van der Waals surface area contributed by atoms with E-state index in [9.17, 15) is 0 Å². The summed E-state index contributed by atoms with van der Waals surface area (Å²) >= 11 is 5.38. The maximum absolute atomic E-state index is 5.68. The van der Waals surface area contributed by atoms with E-state index in [-0.39, 0.29) is 0 Å². The van der Waals surface area contributed by atoms with Gasteiger partial charge in [-0.05, 0) is 37.0 Å². The first-order valence-corrected chi connectivity index (χ1v) is 7.20. The molecular weight excluding hydrogens is 256 g/mol. The summed E-state index contributed by atoms with van der Waals surface area (Å²) in [6, 6.07) is 10.4. The van der Waals surface area contributed by atoms with Gasteiger partial charge in [0.2, 0.25) is 0 Å². The monoisotopic (exact) mass is 274 g/mol. The van der Waals surface area contributed by atoms with E-state index in [1.165, 1.54) is 18.4 Å². The number of nitrogens with one attached hydrogen (secondary N) is 1. The van der Waals surface area contributed by atoms with Gasteiger partial charge >= 0.3 is 0 Å². The van der Waals surface area contributed by atoms with Crippen molar-refractivity contribution in [2.75, 3.05) is 6.61 Å². The number of ether oxygens (including phenoxy) is 1. The highest BCUT2D eigenvalue weighted by Gasteiger charge is 2.16. The summed E-state index contributed by atoms with van der Waals surface area (Å²) in [5.41, 5.74) is 2.35. The smallest absolute Gasteiger partial charge is 0.177 e. The standard InChI is InChI=1S/C15H18N2OS/c19-15-16-11-14(12-5-2-1-3-6-12)17(15)9-8-13-7-4-10-18-13/h1-3,5-6,11,13H,4,7-10H2,(H,16,19). The quantitative estimate of drug-likeness (QED) is 0.860. The molecule has 1 aliphatic heterocycles. The van der Waals surface area contributed by atoms with Crippen LogP contribution < -0.4 is 0 Å². The highest BCUT2D eigenvalue weighted by atomic mass is 32.1. The Labute approximate surface area is 118 Å². The molecule has 100 valence electrons. The summed E-state index contributed by atoms with van der Waals surface area (Å²) < 4.78 is 8.64. The molecule has 1 aromatic carbocycles. The molecule has 0 bridgehead atoms. The van der Waals surface area contributed by atoms with Crippen molar-refractivity contribution in [1.82, 2.24) is 9.55 Å². The normalized spacial score (nSPS) is 18.8. The number of hydrogen-bond donors (Lipinski definition) is 1. The van der Waals surface area contributed by atoms with Gasteiger partial charge in [-0.3, -0.25) is 0 Å². The minimum Gasteiger partial charge on any atom is -0.378 e. The summed E-state index contributed by atoms with van der Waals surface area (Å²) in [4.78, 5) is 3.15. The Morgan fingerprint density at radius 2 is 2.16 bits per heavy atom. The molecule has 1 saturated heterocycles. The van der Waals surface area contributed by atoms with Gasteiger partial charge in [0.15, 0.2) is 4.77 Å². The van der Waals surface area contributed by atoms with Crippen LogP contribution in [0.1, 0.15) is 19.3 Å². The SMILES string of the molecule is S=c1[nH]cc(-c2ccccc2)n1CCC1CCCO1. The fourth-order valence-electron chi connectivity index (χ4n) is 2.61. The Balaban J connectivity index is 1.80. The van der Waals surface area contributed by atoms with Crippen LogP contribution in [-0.2, 0) is 11.3 Å². The molecule has 0 saturated carbocycles. The van der Waals surface area contributed by atoms with Gasteiger partial charge in [-0.15, -0.1) is 0 Å². The lowest BCUT2D eigenvalue weighted by atomic mass is 10.1. The summed E-state index contributed by atoms with van der Waals surface area (Å²) in [6.45, 7) is 1.83. The van der Waals surface area contributed by atoms with Crippen LogP contribution in [-0.4, -0.2) is 22.3 Å². The first-order chi connectivity index (χ1) is 9.34. The minimum atomic E-state index is 0.403. The zero-order chi connectivity index (χ0) is 13.1. The molecule has 2 aromatic rings. The highest BCUT2D eigenvalue weighted by Crippen LogP contribution is 2.22. The first-order valence-electron chi connectivity index (χ1n) is 6.80. The van der Waals surface area contributed by atoms with E-state index < -0.39 is 0 Å². The van der Waals surface area contributed by atoms with Crippen LogP contribution in [0.5, 0.6) is 0 Å². The van der Waals surface area contributed by atoms with Crippen LogP contribution in [0.4, 0.5) is 0 Å². The largest absolute Gasteiger partial charge is 0.378 e. The van der Waals surface area contributed by atoms with Crippen LogP contribution in [0.15, 0.2) is 36.5 Å². The molecule has 1 aliphatic rings. The molecule has 1 atom stereocenters. The number of aromatic nitrogens is 2. The molecule has 0 spiro atoms. The second-order valence-corrected chi connectivity index (χ2v) is 5.31. The van der Waals surface area contributed by atoms with E-state index in [4.69, 9.17) is 17.0 Å². The zero-order valence-electron chi connectivity index (χ0n) is 10.8. The van der Waals surface area contributed by atoms with Crippen molar-refractivity contribution in [3.63, 3.8) is 0 Å². The molecule has 19 heavy (non-hydrogen) atoms. The lowest BCUT2D eigenvalue weighted by molar-refractivity contribution is 0.100. The summed E-state index contributed by atoms with van der Waals surface area (Å²) in [5.74, 6) is 0. The maximum Gasteiger partial charge on any atom is 0.177 e. The number of benzene rings is 1. The number of rotatable bonds is 4. The second-order valence-electron chi connectivity index (χ2n) is 4.92. The molecule has 1 fully saturated rings. The zero-order valence-corrected chi connectivity index (χ0v) is 11.7. The van der Waals surface area contributed by atoms with Gasteiger partial charge in [0.05, 0.1) is 11.8 Å². The predicted molar refractivity (Wildman–Crippen MR) is 78.6 cm³/mol. The summed E-state index contributed by atoms with van der Waals surface area (Å²) in [6.07, 6.45) is 5.80. The van der Waals surface area contributed by atoms with E-state index in [2.05, 4.69) is 33.8 Å². The molecule has 4 heteroatoms. The average molecular weight is 274 g/mol. The molecule has 0 amide bonds. The van der Waals surface area contributed by atoms with Gasteiger partial charge in [-0.2, -0.15) is 0 Å². The molecule has 1 unspecified atom stereocenters. The van der Waals surface area contributed by atoms with E-state index in [1.54, 1.807) is 0 Å². The molecule has 0 aliphatic carbocycles. The Bertz CT molecular complexity index is 582. The maximum atomic E-state index is 5.68. The van der Waals surface area contributed by atoms with Crippen molar-refractivity contribution >= 4 is 12.2 Å². The number of nitrogens with zero attached hydrogens (tertiary/aromatic N) is 1. The van der Waals surface area contributed by atoms with Crippen molar-refractivity contribution in [2.45, 2.75) is 31.9 Å². The van der Waals surface area contributed by atoms with E-state index >= 15 is 0 Å². The number of H-pyrrole nitrogens is 1. The Morgan fingerprint density at radius 3 is 2.89 bits per heavy atom. The third-order valence-electron chi connectivity index (χ3n) is 3.64. The van der Waals surface area contributed by atoms with Crippen molar-refractivity contribution in [3.8, 4) is 11.3 Å². The summed E-state index contributed by atoms with van der Waals surface area (Å²) in [5, 5.41) is 0. The van der Waals surface area contributed by atoms with Gasteiger partial charge in [0.1, 0.15) is 0 Å². The van der Waals surface area contributed by atoms with E-state index in [1.807, 2.05) is 12.3 Å². The Morgan fingerprint density at radius 1 is 1.32 bits per heavy atom. The molecule has 3 nitrogen and oxygen atoms in total. The van der Waals surface area contributed by atoms with Crippen molar-refractivity contribution < 1.29 is 4.74 Å². The van der Waals surface area contributed by atoms with Crippen LogP contribution in [0, 0.1) is 4.77 Å². The van der Waals surface area contributed by atoms with Crippen molar-refractivity contribution in [3.05, 3.63) is 41.3 Å². The van der Waals surface area contributed by atoms with Crippen molar-refractivity contribution in [2.24, 2.45) is 0 Å². The predicted octanol–water partition coefficient (Wildman–Crippen LogP) is 3.78. The fraction of sp³-hybridized carbons (Fsp3) is 0.400. The molecule has 3 rings (SSSR count). The number of hydrogen-bond acceptors (Lipinski definition) is 2. The van der Waals surface area contributed by atoms with Crippen LogP contribution in [0.25, 0.3) is 11.3 Å². The fourth-order valence-corrected chi connectivity index (χ4v) is 2.86. The summed E-state index contributed by atoms with van der Waals surface area (Å²) in [7, 11) is 0. The van der Waals surface area contributed by atoms with Gasteiger partial charge in [0, 0.05) is 19.3 Å². The van der Waals surface area contributed by atoms with Crippen LogP contribution in [0.3, 0.4) is 0 Å². The van der Waals surface area contributed by atoms with Crippen LogP contribution >= 0.6 is 12.2 Å². The van der Waals surface area contributed by atoms with Gasteiger partial charge in [0.25, 0.3) is 0 Å². The lowest BCUT2D eigenvalue weighted by Gasteiger charge is -2.12. The van der Waals surface area contributed by atoms with E-state index in [0.717, 1.165) is 30.0 Å². The lowest BCUT2D eigenvalue weighted by Crippen LogP contribution is -2.10. The van der Waals surface area contributed by atoms with Gasteiger partial charge in [-0.25, -0.2) is 0 Å². The molecule has 1 N–H and O–H groups in total. The molecule has 0 radical (unpaired) electrons. The van der Waals surface area contributed by atoms with E-state index in [0.29, 0.717) is 6.10 Å². The molecular formula is C15H18N2OS. The Hall–Kier alpha value is -1.39. The Kier molecular flexibility index (Phi) is 3.80. The van der Waals surface area contributed by atoms with Gasteiger partial charge in [-0.1, -0.05) is 30.3 Å². The third kappa shape index (κ3) is 2.80. The first kappa shape index (κ1) is 12.6. The minimum absolute atomic E-state index is 0.403. The highest BCUT2D eigenvalue weighted by molar-refractivity contribution is 7.71. The number of aromatic amines is 1. The second kappa shape index (κ2) is 5.72. The number of imidazole rings is 1. The average Bonchev–Trinajstić information content (AvgIpc) is 3.07. The molecule has 1 aromatic heterocycles.